The fraction of sp³-hybridized carbons (Fsp3) is 0.781. The van der Waals surface area contributed by atoms with Crippen molar-refractivity contribution in [3.8, 4) is 6.07 Å². The zero-order chi connectivity index (χ0) is 28.0. The van der Waals surface area contributed by atoms with Crippen LogP contribution in [0.5, 0.6) is 0 Å². The van der Waals surface area contributed by atoms with Gasteiger partial charge in [-0.1, -0.05) is 38.4 Å². The maximum absolute atomic E-state index is 14.4. The van der Waals surface area contributed by atoms with Crippen molar-refractivity contribution in [2.75, 3.05) is 0 Å². The van der Waals surface area contributed by atoms with Crippen LogP contribution in [0.15, 0.2) is 16.2 Å². The molecule has 1 aromatic rings. The summed E-state index contributed by atoms with van der Waals surface area (Å²) in [4.78, 5) is 32.6. The lowest BCUT2D eigenvalue weighted by Gasteiger charge is -2.65. The van der Waals surface area contributed by atoms with Crippen LogP contribution in [0.2, 0.25) is 0 Å². The third kappa shape index (κ3) is 2.87. The monoisotopic (exact) mass is 531 g/mol. The molecule has 1 heterocycles. The van der Waals surface area contributed by atoms with Gasteiger partial charge in [0.2, 0.25) is 5.89 Å². The number of nitriles is 1. The van der Waals surface area contributed by atoms with Crippen molar-refractivity contribution in [3.63, 3.8) is 0 Å². The number of aryl methyl sites for hydroxylation is 1. The molecule has 0 aliphatic heterocycles. The Bertz CT molecular complexity index is 1380. The van der Waals surface area contributed by atoms with E-state index in [-0.39, 0.29) is 57.4 Å². The third-order valence-electron chi connectivity index (χ3n) is 13.2. The molecule has 1 N–H and O–H groups in total. The molecule has 5 saturated carbocycles. The average molecular weight is 532 g/mol. The van der Waals surface area contributed by atoms with Crippen LogP contribution >= 0.6 is 0 Å². The van der Waals surface area contributed by atoms with Crippen molar-refractivity contribution in [1.82, 2.24) is 10.1 Å². The molecule has 0 aromatic carbocycles. The van der Waals surface area contributed by atoms with Crippen molar-refractivity contribution in [1.29, 1.82) is 5.26 Å². The minimum Gasteiger partial charge on any atom is -0.382 e. The Kier molecular flexibility index (Phi) is 4.79. The van der Waals surface area contributed by atoms with Gasteiger partial charge < -0.3 is 9.63 Å². The van der Waals surface area contributed by atoms with Crippen LogP contribution in [0.1, 0.15) is 97.7 Å². The molecule has 0 saturated heterocycles. The number of carbonyl (C=O) groups excluding carboxylic acids is 2. The van der Waals surface area contributed by atoms with Gasteiger partial charge in [-0.3, -0.25) is 9.59 Å². The van der Waals surface area contributed by atoms with Crippen molar-refractivity contribution in [2.24, 2.45) is 51.2 Å². The van der Waals surface area contributed by atoms with E-state index in [1.807, 2.05) is 13.0 Å². The second-order valence-corrected chi connectivity index (χ2v) is 15.5. The molecule has 5 fully saturated rings. The van der Waals surface area contributed by atoms with Crippen LogP contribution in [0, 0.1) is 69.5 Å². The Morgan fingerprint density at radius 2 is 1.74 bits per heavy atom. The lowest BCUT2D eigenvalue weighted by Crippen LogP contribution is -2.65. The SMILES string of the molecule is Cc1noc([C@@]23CCC4C(C(=O)C=C5[C@@]4(C)CCC4[C@](C)(O)C(=O)[C@]6(C#N)C[C@@H]6[C@]54C)C2CC(C)(C)CC3)n1. The lowest BCUT2D eigenvalue weighted by atomic mass is 9.38. The number of hydrogen-bond donors (Lipinski definition) is 1. The molecule has 39 heavy (non-hydrogen) atoms. The van der Waals surface area contributed by atoms with Crippen LogP contribution in [0.4, 0.5) is 0 Å². The van der Waals surface area contributed by atoms with E-state index in [1.165, 1.54) is 0 Å². The number of allylic oxidation sites excluding steroid dienone is 2. The maximum atomic E-state index is 14.4. The Hall–Kier alpha value is -2.33. The van der Waals surface area contributed by atoms with Gasteiger partial charge in [0.25, 0.3) is 0 Å². The molecule has 4 unspecified atom stereocenters. The molecule has 208 valence electrons. The van der Waals surface area contributed by atoms with Gasteiger partial charge >= 0.3 is 0 Å². The molecule has 7 heteroatoms. The fourth-order valence-electron chi connectivity index (χ4n) is 11.2. The van der Waals surface area contributed by atoms with E-state index in [0.717, 1.165) is 50.5 Å². The summed E-state index contributed by atoms with van der Waals surface area (Å²) in [5.74, 6) is 0.983. The molecule has 0 bridgehead atoms. The van der Waals surface area contributed by atoms with Crippen molar-refractivity contribution in [2.45, 2.75) is 104 Å². The quantitative estimate of drug-likeness (QED) is 0.525. The number of carbonyl (C=O) groups is 2. The molecule has 0 amide bonds. The highest BCUT2D eigenvalue weighted by molar-refractivity contribution is 6.00. The number of fused-ring (bicyclic) bond motifs is 9. The highest BCUT2D eigenvalue weighted by Gasteiger charge is 2.80. The Morgan fingerprint density at radius 1 is 1.00 bits per heavy atom. The third-order valence-corrected chi connectivity index (χ3v) is 13.2. The number of ketones is 2. The number of rotatable bonds is 1. The van der Waals surface area contributed by atoms with Gasteiger partial charge in [0, 0.05) is 17.3 Å². The van der Waals surface area contributed by atoms with Gasteiger partial charge in [-0.05, 0) is 99.9 Å². The summed E-state index contributed by atoms with van der Waals surface area (Å²) < 4.78 is 5.86. The zero-order valence-corrected chi connectivity index (χ0v) is 24.1. The maximum Gasteiger partial charge on any atom is 0.233 e. The number of Topliss-reactive ketones (excluding diaryl/α,β-unsaturated/α-hetero) is 1. The molecule has 7 rings (SSSR count). The molecule has 1 aromatic heterocycles. The molecule has 6 aliphatic rings. The summed E-state index contributed by atoms with van der Waals surface area (Å²) in [5, 5.41) is 25.9. The zero-order valence-electron chi connectivity index (χ0n) is 24.1. The minimum absolute atomic E-state index is 0.120. The molecular formula is C32H41N3O4. The highest BCUT2D eigenvalue weighted by Crippen LogP contribution is 2.78. The molecule has 6 aliphatic carbocycles. The van der Waals surface area contributed by atoms with Gasteiger partial charge in [-0.25, -0.2) is 0 Å². The predicted molar refractivity (Wildman–Crippen MR) is 142 cm³/mol. The molecule has 0 radical (unpaired) electrons. The Labute approximate surface area is 230 Å². The van der Waals surface area contributed by atoms with Gasteiger partial charge in [0.15, 0.2) is 17.4 Å². The minimum atomic E-state index is -1.57. The molecule has 10 atom stereocenters. The lowest BCUT2D eigenvalue weighted by molar-refractivity contribution is -0.170. The first kappa shape index (κ1) is 25.6. The fourth-order valence-corrected chi connectivity index (χ4v) is 11.2. The van der Waals surface area contributed by atoms with E-state index < -0.39 is 16.4 Å². The van der Waals surface area contributed by atoms with Crippen molar-refractivity contribution < 1.29 is 19.2 Å². The Morgan fingerprint density at radius 3 is 2.41 bits per heavy atom. The molecular weight excluding hydrogens is 490 g/mol. The first-order chi connectivity index (χ1) is 18.2. The van der Waals surface area contributed by atoms with E-state index in [1.54, 1.807) is 6.92 Å². The van der Waals surface area contributed by atoms with Crippen LogP contribution in [0.3, 0.4) is 0 Å². The second-order valence-electron chi connectivity index (χ2n) is 15.5. The summed E-state index contributed by atoms with van der Waals surface area (Å²) in [6.07, 6.45) is 8.77. The number of hydrogen-bond acceptors (Lipinski definition) is 7. The largest absolute Gasteiger partial charge is 0.382 e. The number of aliphatic hydroxyl groups is 1. The predicted octanol–water partition coefficient (Wildman–Crippen LogP) is 5.26. The van der Waals surface area contributed by atoms with Crippen molar-refractivity contribution in [3.05, 3.63) is 23.4 Å². The summed E-state index contributed by atoms with van der Waals surface area (Å²) in [7, 11) is 0. The molecule has 7 nitrogen and oxygen atoms in total. The second kappa shape index (κ2) is 7.29. The first-order valence-corrected chi connectivity index (χ1v) is 14.9. The van der Waals surface area contributed by atoms with E-state index in [0.29, 0.717) is 18.1 Å². The van der Waals surface area contributed by atoms with Crippen LogP contribution in [-0.2, 0) is 15.0 Å². The summed E-state index contributed by atoms with van der Waals surface area (Å²) in [5.41, 5.74) is -2.51. The van der Waals surface area contributed by atoms with E-state index in [4.69, 9.17) is 9.51 Å². The van der Waals surface area contributed by atoms with E-state index in [9.17, 15) is 20.0 Å². The van der Waals surface area contributed by atoms with Gasteiger partial charge in [0.1, 0.15) is 11.0 Å². The highest BCUT2D eigenvalue weighted by atomic mass is 16.5. The number of nitrogens with zero attached hydrogens (tertiary/aromatic N) is 3. The van der Waals surface area contributed by atoms with Crippen LogP contribution in [-0.4, -0.2) is 32.4 Å². The molecule has 0 spiro atoms. The van der Waals surface area contributed by atoms with Crippen LogP contribution in [0.25, 0.3) is 0 Å². The van der Waals surface area contributed by atoms with Crippen molar-refractivity contribution >= 4 is 11.6 Å². The van der Waals surface area contributed by atoms with Gasteiger partial charge in [0.05, 0.1) is 11.5 Å². The smallest absolute Gasteiger partial charge is 0.233 e. The first-order valence-electron chi connectivity index (χ1n) is 14.9. The van der Waals surface area contributed by atoms with Crippen LogP contribution < -0.4 is 0 Å². The van der Waals surface area contributed by atoms with E-state index >= 15 is 0 Å². The topological polar surface area (TPSA) is 117 Å². The average Bonchev–Trinajstić information content (AvgIpc) is 3.49. The number of aromatic nitrogens is 2. The summed E-state index contributed by atoms with van der Waals surface area (Å²) in [6, 6.07) is 2.32. The normalized spacial score (nSPS) is 51.3. The summed E-state index contributed by atoms with van der Waals surface area (Å²) in [6.45, 7) is 12.6. The van der Waals surface area contributed by atoms with Gasteiger partial charge in [-0.15, -0.1) is 0 Å². The van der Waals surface area contributed by atoms with Gasteiger partial charge in [-0.2, -0.15) is 10.2 Å². The Balaban J connectivity index is 1.36. The van der Waals surface area contributed by atoms with E-state index in [2.05, 4.69) is 38.9 Å². The summed E-state index contributed by atoms with van der Waals surface area (Å²) >= 11 is 0. The standard InChI is InChI=1S/C32H41N3O4/c1-17-34-26(39-35-17)31-10-7-18-24(19(31)14-27(2,3)11-12-31)20(36)13-22-28(18,4)9-8-21-29(22,5)23-15-32(23,16-33)25(37)30(21,6)38/h13,18-19,21,23-24,38H,7-12,14-15H2,1-6H3/t18?,19?,21?,23-,24?,28+,29+,30+,31-,32+/m1/s1.